The lowest BCUT2D eigenvalue weighted by Crippen LogP contribution is -2.46. The fourth-order valence-corrected chi connectivity index (χ4v) is 4.14. The highest BCUT2D eigenvalue weighted by molar-refractivity contribution is 6.35. The van der Waals surface area contributed by atoms with Gasteiger partial charge in [-0.15, -0.1) is 0 Å². The van der Waals surface area contributed by atoms with Crippen molar-refractivity contribution in [2.75, 3.05) is 24.5 Å². The van der Waals surface area contributed by atoms with E-state index in [9.17, 15) is 19.2 Å². The van der Waals surface area contributed by atoms with Crippen LogP contribution < -0.4 is 16.0 Å². The van der Waals surface area contributed by atoms with Crippen LogP contribution in [0.4, 0.5) is 5.69 Å². The molecule has 0 aromatic heterocycles. The van der Waals surface area contributed by atoms with Gasteiger partial charge < -0.3 is 11.1 Å². The number of carbonyl (C=O) groups is 4. The molecule has 31 heavy (non-hydrogen) atoms. The van der Waals surface area contributed by atoms with Crippen molar-refractivity contribution in [2.45, 2.75) is 25.8 Å². The van der Waals surface area contributed by atoms with Crippen molar-refractivity contribution in [1.82, 2.24) is 10.2 Å². The number of carbonyl (C=O) groups excluding carboxylic acids is 4. The van der Waals surface area contributed by atoms with Crippen molar-refractivity contribution >= 4 is 29.3 Å². The van der Waals surface area contributed by atoms with E-state index in [1.807, 2.05) is 24.0 Å². The molecule has 2 heterocycles. The molecule has 160 valence electrons. The van der Waals surface area contributed by atoms with E-state index in [2.05, 4.69) is 5.32 Å². The Hall–Kier alpha value is -3.52. The fraction of sp³-hybridized carbons (Fsp3) is 0.304. The summed E-state index contributed by atoms with van der Waals surface area (Å²) < 4.78 is 0. The van der Waals surface area contributed by atoms with Gasteiger partial charge >= 0.3 is 0 Å². The normalized spacial score (nSPS) is 17.0. The minimum Gasteiger partial charge on any atom is -0.369 e. The summed E-state index contributed by atoms with van der Waals surface area (Å²) in [5, 5.41) is 2.99. The van der Waals surface area contributed by atoms with Gasteiger partial charge in [0.25, 0.3) is 17.7 Å². The molecule has 1 saturated heterocycles. The molecule has 3 N–H and O–H groups in total. The summed E-state index contributed by atoms with van der Waals surface area (Å²) in [6.07, 6.45) is 1.42. The van der Waals surface area contributed by atoms with Gasteiger partial charge in [0.15, 0.2) is 0 Å². The van der Waals surface area contributed by atoms with Gasteiger partial charge in [0.1, 0.15) is 0 Å². The molecule has 1 fully saturated rings. The predicted molar refractivity (Wildman–Crippen MR) is 115 cm³/mol. The van der Waals surface area contributed by atoms with Crippen LogP contribution in [-0.4, -0.2) is 54.2 Å². The molecule has 2 aliphatic heterocycles. The van der Waals surface area contributed by atoms with Crippen LogP contribution >= 0.6 is 0 Å². The number of hydrogen-bond donors (Lipinski definition) is 2. The van der Waals surface area contributed by atoms with Crippen molar-refractivity contribution in [3.05, 3.63) is 64.7 Å². The number of nitrogens with one attached hydrogen (secondary N) is 1. The molecule has 0 atom stereocenters. The number of primary amides is 1. The van der Waals surface area contributed by atoms with E-state index in [0.717, 1.165) is 10.5 Å². The lowest BCUT2D eigenvalue weighted by molar-refractivity contribution is -0.119. The van der Waals surface area contributed by atoms with Gasteiger partial charge in [-0.25, -0.2) is 4.90 Å². The van der Waals surface area contributed by atoms with Crippen LogP contribution in [-0.2, 0) is 4.79 Å². The molecule has 2 aromatic carbocycles. The Kier molecular flexibility index (Phi) is 5.56. The molecule has 8 heteroatoms. The zero-order chi connectivity index (χ0) is 22.1. The predicted octanol–water partition coefficient (Wildman–Crippen LogP) is 1.48. The fourth-order valence-electron chi connectivity index (χ4n) is 4.14. The van der Waals surface area contributed by atoms with Gasteiger partial charge in [-0.2, -0.15) is 0 Å². The molecule has 0 unspecified atom stereocenters. The first kappa shape index (κ1) is 20.7. The number of amides is 4. The van der Waals surface area contributed by atoms with E-state index in [1.54, 1.807) is 18.2 Å². The summed E-state index contributed by atoms with van der Waals surface area (Å²) in [6, 6.07) is 11.8. The molecule has 4 amide bonds. The number of aryl methyl sites for hydroxylation is 1. The lowest BCUT2D eigenvalue weighted by Gasteiger charge is -2.31. The monoisotopic (exact) mass is 420 g/mol. The number of hydrogen-bond acceptors (Lipinski definition) is 5. The molecular formula is C23H24N4O4. The van der Waals surface area contributed by atoms with Gasteiger partial charge in [-0.3, -0.25) is 24.1 Å². The summed E-state index contributed by atoms with van der Waals surface area (Å²) in [5.41, 5.74) is 7.46. The first-order chi connectivity index (χ1) is 14.8. The maximum absolute atomic E-state index is 13.0. The van der Waals surface area contributed by atoms with Gasteiger partial charge in [0.05, 0.1) is 23.4 Å². The first-order valence-corrected chi connectivity index (χ1v) is 10.2. The number of nitrogens with zero attached hydrogens (tertiary/aromatic N) is 2. The Morgan fingerprint density at radius 1 is 1.03 bits per heavy atom. The van der Waals surface area contributed by atoms with Crippen molar-refractivity contribution in [3.8, 4) is 0 Å². The van der Waals surface area contributed by atoms with Gasteiger partial charge in [-0.05, 0) is 49.6 Å². The number of benzene rings is 2. The maximum atomic E-state index is 13.0. The van der Waals surface area contributed by atoms with Crippen molar-refractivity contribution in [3.63, 3.8) is 0 Å². The number of rotatable bonds is 5. The first-order valence-electron chi connectivity index (χ1n) is 10.2. The molecule has 2 aromatic rings. The minimum atomic E-state index is -0.427. The zero-order valence-electron chi connectivity index (χ0n) is 17.3. The van der Waals surface area contributed by atoms with Crippen LogP contribution in [0.3, 0.4) is 0 Å². The second-order valence-electron chi connectivity index (χ2n) is 7.98. The topological polar surface area (TPSA) is 113 Å². The van der Waals surface area contributed by atoms with Crippen LogP contribution in [0.2, 0.25) is 0 Å². The number of imide groups is 1. The zero-order valence-corrected chi connectivity index (χ0v) is 17.3. The number of likely N-dealkylation sites (tertiary alicyclic amines) is 1. The third-order valence-corrected chi connectivity index (χ3v) is 5.81. The number of fused-ring (bicyclic) bond motifs is 1. The Morgan fingerprint density at radius 2 is 1.71 bits per heavy atom. The summed E-state index contributed by atoms with van der Waals surface area (Å²) >= 11 is 0. The summed E-state index contributed by atoms with van der Waals surface area (Å²) in [7, 11) is 0. The Bertz CT molecular complexity index is 1070. The SMILES string of the molecule is Cc1ccccc1N1C(=O)c2ccc(C(=O)NC3CCN(CC(N)=O)CC3)cc2C1=O. The largest absolute Gasteiger partial charge is 0.369 e. The molecule has 0 radical (unpaired) electrons. The van der Waals surface area contributed by atoms with E-state index in [0.29, 0.717) is 42.7 Å². The van der Waals surface area contributed by atoms with Crippen LogP contribution in [0.25, 0.3) is 0 Å². The van der Waals surface area contributed by atoms with E-state index in [4.69, 9.17) is 5.73 Å². The van der Waals surface area contributed by atoms with Gasteiger partial charge in [-0.1, -0.05) is 18.2 Å². The molecule has 0 aliphatic carbocycles. The third-order valence-electron chi connectivity index (χ3n) is 5.81. The molecule has 0 bridgehead atoms. The van der Waals surface area contributed by atoms with Crippen molar-refractivity contribution in [1.29, 1.82) is 0 Å². The van der Waals surface area contributed by atoms with Crippen LogP contribution in [0.1, 0.15) is 49.5 Å². The highest BCUT2D eigenvalue weighted by Gasteiger charge is 2.37. The number of para-hydroxylation sites is 1. The molecule has 0 saturated carbocycles. The van der Waals surface area contributed by atoms with Crippen LogP contribution in [0.5, 0.6) is 0 Å². The molecule has 0 spiro atoms. The maximum Gasteiger partial charge on any atom is 0.266 e. The van der Waals surface area contributed by atoms with Gasteiger partial charge in [0, 0.05) is 24.7 Å². The summed E-state index contributed by atoms with van der Waals surface area (Å²) in [4.78, 5) is 52.7. The Balaban J connectivity index is 1.47. The Morgan fingerprint density at radius 3 is 2.39 bits per heavy atom. The lowest BCUT2D eigenvalue weighted by atomic mass is 10.0. The molecule has 4 rings (SSSR count). The summed E-state index contributed by atoms with van der Waals surface area (Å²) in [5.74, 6) is -1.46. The quantitative estimate of drug-likeness (QED) is 0.712. The van der Waals surface area contributed by atoms with E-state index in [-0.39, 0.29) is 35.9 Å². The number of piperidine rings is 1. The molecule has 2 aliphatic rings. The average molecular weight is 420 g/mol. The minimum absolute atomic E-state index is 0.0225. The van der Waals surface area contributed by atoms with Crippen molar-refractivity contribution in [2.24, 2.45) is 5.73 Å². The van der Waals surface area contributed by atoms with E-state index in [1.165, 1.54) is 12.1 Å². The Labute approximate surface area is 180 Å². The highest BCUT2D eigenvalue weighted by atomic mass is 16.2. The van der Waals surface area contributed by atoms with E-state index >= 15 is 0 Å². The second kappa shape index (κ2) is 8.31. The smallest absolute Gasteiger partial charge is 0.266 e. The number of anilines is 1. The standard InChI is InChI=1S/C23H24N4O4/c1-14-4-2-3-5-19(14)27-22(30)17-7-6-15(12-18(17)23(27)31)21(29)25-16-8-10-26(11-9-16)13-20(24)28/h2-7,12,16H,8-11,13H2,1H3,(H2,24,28)(H,25,29). The number of nitrogens with two attached hydrogens (primary N) is 1. The molecular weight excluding hydrogens is 396 g/mol. The summed E-state index contributed by atoms with van der Waals surface area (Å²) in [6.45, 7) is 3.42. The van der Waals surface area contributed by atoms with Gasteiger partial charge in [0.2, 0.25) is 5.91 Å². The second-order valence-corrected chi connectivity index (χ2v) is 7.98. The third kappa shape index (κ3) is 4.06. The van der Waals surface area contributed by atoms with Crippen molar-refractivity contribution < 1.29 is 19.2 Å². The van der Waals surface area contributed by atoms with E-state index < -0.39 is 5.91 Å². The molecule has 8 nitrogen and oxygen atoms in total. The van der Waals surface area contributed by atoms with Crippen LogP contribution in [0, 0.1) is 6.92 Å². The van der Waals surface area contributed by atoms with Crippen LogP contribution in [0.15, 0.2) is 42.5 Å². The highest BCUT2D eigenvalue weighted by Crippen LogP contribution is 2.31. The average Bonchev–Trinajstić information content (AvgIpc) is 2.99.